The molecule has 0 aliphatic carbocycles. The number of carbonyl (C=O) groups excluding carboxylic acids is 2. The van der Waals surface area contributed by atoms with E-state index in [-0.39, 0.29) is 5.92 Å². The Hall–Kier alpha value is -1.26. The molecule has 1 saturated heterocycles. The van der Waals surface area contributed by atoms with Crippen molar-refractivity contribution in [2.45, 2.75) is 45.8 Å². The summed E-state index contributed by atoms with van der Waals surface area (Å²) in [6.07, 6.45) is 0.162. The Labute approximate surface area is 95.9 Å². The van der Waals surface area contributed by atoms with Gasteiger partial charge in [-0.05, 0) is 33.1 Å². The van der Waals surface area contributed by atoms with E-state index in [2.05, 4.69) is 0 Å². The third kappa shape index (κ3) is 3.12. The minimum atomic E-state index is -0.550. The predicted molar refractivity (Wildman–Crippen MR) is 59.7 cm³/mol. The summed E-state index contributed by atoms with van der Waals surface area (Å²) in [5.41, 5.74) is 4.71. The van der Waals surface area contributed by atoms with Gasteiger partial charge in [0.1, 0.15) is 11.6 Å². The van der Waals surface area contributed by atoms with Crippen molar-refractivity contribution in [3.05, 3.63) is 0 Å². The lowest BCUT2D eigenvalue weighted by Crippen LogP contribution is -2.45. The Balaban J connectivity index is 2.71. The Morgan fingerprint density at radius 2 is 1.94 bits per heavy atom. The standard InChI is InChI=1S/C11H20N2O3/c1-7-5-8(9(12)14)13(6-7)10(15)16-11(2,3)4/h7-8H,5-6H2,1-4H3,(H2,12,14)/t7-,8+/m1/s1. The fraction of sp³-hybridized carbons (Fsp3) is 0.818. The zero-order chi connectivity index (χ0) is 12.5. The van der Waals surface area contributed by atoms with Gasteiger partial charge in [0.05, 0.1) is 0 Å². The number of rotatable bonds is 1. The van der Waals surface area contributed by atoms with Gasteiger partial charge in [-0.3, -0.25) is 9.69 Å². The van der Waals surface area contributed by atoms with Gasteiger partial charge in [-0.1, -0.05) is 6.92 Å². The molecule has 0 spiro atoms. The van der Waals surface area contributed by atoms with Crippen molar-refractivity contribution in [1.29, 1.82) is 0 Å². The van der Waals surface area contributed by atoms with Gasteiger partial charge < -0.3 is 10.5 Å². The van der Waals surface area contributed by atoms with Gasteiger partial charge in [0.15, 0.2) is 0 Å². The Bertz CT molecular complexity index is 296. The lowest BCUT2D eigenvalue weighted by Gasteiger charge is -2.27. The number of amides is 2. The summed E-state index contributed by atoms with van der Waals surface area (Å²) in [7, 11) is 0. The van der Waals surface area contributed by atoms with Gasteiger partial charge in [-0.25, -0.2) is 4.79 Å². The van der Waals surface area contributed by atoms with Crippen LogP contribution >= 0.6 is 0 Å². The summed E-state index contributed by atoms with van der Waals surface area (Å²) < 4.78 is 5.23. The molecule has 1 rings (SSSR count). The quantitative estimate of drug-likeness (QED) is 0.730. The molecule has 1 aliphatic heterocycles. The lowest BCUT2D eigenvalue weighted by molar-refractivity contribution is -0.122. The van der Waals surface area contributed by atoms with Gasteiger partial charge in [0.25, 0.3) is 0 Å². The highest BCUT2D eigenvalue weighted by Gasteiger charge is 2.38. The van der Waals surface area contributed by atoms with Crippen molar-refractivity contribution < 1.29 is 14.3 Å². The third-order valence-electron chi connectivity index (χ3n) is 2.47. The van der Waals surface area contributed by atoms with Crippen LogP contribution in [0.4, 0.5) is 4.79 Å². The number of hydrogen-bond acceptors (Lipinski definition) is 3. The molecule has 1 fully saturated rings. The van der Waals surface area contributed by atoms with Crippen LogP contribution in [-0.2, 0) is 9.53 Å². The average Bonchev–Trinajstić information content (AvgIpc) is 2.44. The highest BCUT2D eigenvalue weighted by atomic mass is 16.6. The maximum absolute atomic E-state index is 11.8. The molecule has 0 aromatic heterocycles. The summed E-state index contributed by atoms with van der Waals surface area (Å²) in [5, 5.41) is 0. The number of nitrogens with zero attached hydrogens (tertiary/aromatic N) is 1. The first-order valence-electron chi connectivity index (χ1n) is 5.49. The minimum Gasteiger partial charge on any atom is -0.444 e. The van der Waals surface area contributed by atoms with E-state index in [1.165, 1.54) is 4.90 Å². The summed E-state index contributed by atoms with van der Waals surface area (Å²) in [6, 6.07) is -0.523. The second kappa shape index (κ2) is 4.31. The molecule has 0 radical (unpaired) electrons. The van der Waals surface area contributed by atoms with Gasteiger partial charge in [-0.2, -0.15) is 0 Å². The molecule has 0 bridgehead atoms. The molecule has 0 aromatic rings. The smallest absolute Gasteiger partial charge is 0.410 e. The van der Waals surface area contributed by atoms with Crippen molar-refractivity contribution in [2.75, 3.05) is 6.54 Å². The first kappa shape index (κ1) is 12.8. The van der Waals surface area contributed by atoms with E-state index in [0.717, 1.165) is 0 Å². The average molecular weight is 228 g/mol. The number of primary amides is 1. The number of hydrogen-bond donors (Lipinski definition) is 1. The molecule has 1 heterocycles. The van der Waals surface area contributed by atoms with E-state index in [4.69, 9.17) is 10.5 Å². The number of nitrogens with two attached hydrogens (primary N) is 1. The second-order valence-electron chi connectivity index (χ2n) is 5.39. The normalized spacial score (nSPS) is 25.6. The van der Waals surface area contributed by atoms with E-state index in [0.29, 0.717) is 13.0 Å². The van der Waals surface area contributed by atoms with E-state index in [9.17, 15) is 9.59 Å². The number of carbonyl (C=O) groups is 2. The molecular formula is C11H20N2O3. The van der Waals surface area contributed by atoms with Gasteiger partial charge in [0, 0.05) is 6.54 Å². The monoisotopic (exact) mass is 228 g/mol. The Morgan fingerprint density at radius 3 is 2.38 bits per heavy atom. The van der Waals surface area contributed by atoms with E-state index < -0.39 is 23.6 Å². The zero-order valence-electron chi connectivity index (χ0n) is 10.3. The lowest BCUT2D eigenvalue weighted by atomic mass is 10.1. The molecule has 0 saturated carbocycles. The first-order valence-corrected chi connectivity index (χ1v) is 5.49. The fourth-order valence-corrected chi connectivity index (χ4v) is 1.84. The van der Waals surface area contributed by atoms with Crippen LogP contribution in [0.25, 0.3) is 0 Å². The first-order chi connectivity index (χ1) is 7.20. The van der Waals surface area contributed by atoms with E-state index in [1.54, 1.807) is 20.8 Å². The molecular weight excluding hydrogens is 208 g/mol. The van der Waals surface area contributed by atoms with Gasteiger partial charge >= 0.3 is 6.09 Å². The highest BCUT2D eigenvalue weighted by Crippen LogP contribution is 2.24. The summed E-state index contributed by atoms with van der Waals surface area (Å²) in [5.74, 6) is -0.180. The van der Waals surface area contributed by atoms with Crippen molar-refractivity contribution in [2.24, 2.45) is 11.7 Å². The van der Waals surface area contributed by atoms with Crippen molar-refractivity contribution in [3.8, 4) is 0 Å². The minimum absolute atomic E-state index is 0.282. The van der Waals surface area contributed by atoms with Gasteiger partial charge in [-0.15, -0.1) is 0 Å². The summed E-state index contributed by atoms with van der Waals surface area (Å²) >= 11 is 0. The zero-order valence-corrected chi connectivity index (χ0v) is 10.3. The SMILES string of the molecule is C[C@@H]1C[C@@H](C(N)=O)N(C(=O)OC(C)(C)C)C1. The molecule has 5 heteroatoms. The van der Waals surface area contributed by atoms with Crippen molar-refractivity contribution in [1.82, 2.24) is 4.90 Å². The molecule has 5 nitrogen and oxygen atoms in total. The van der Waals surface area contributed by atoms with Crippen LogP contribution in [-0.4, -0.2) is 35.1 Å². The largest absolute Gasteiger partial charge is 0.444 e. The predicted octanol–water partition coefficient (Wildman–Crippen LogP) is 1.12. The Morgan fingerprint density at radius 1 is 1.38 bits per heavy atom. The molecule has 0 unspecified atom stereocenters. The van der Waals surface area contributed by atoms with Crippen molar-refractivity contribution >= 4 is 12.0 Å². The third-order valence-corrected chi connectivity index (χ3v) is 2.47. The highest BCUT2D eigenvalue weighted by molar-refractivity contribution is 5.85. The maximum Gasteiger partial charge on any atom is 0.410 e. The van der Waals surface area contributed by atoms with Crippen LogP contribution in [0.2, 0.25) is 0 Å². The molecule has 16 heavy (non-hydrogen) atoms. The van der Waals surface area contributed by atoms with Gasteiger partial charge in [0.2, 0.25) is 5.91 Å². The van der Waals surface area contributed by atoms with Crippen molar-refractivity contribution in [3.63, 3.8) is 0 Å². The molecule has 2 atom stereocenters. The summed E-state index contributed by atoms with van der Waals surface area (Å²) in [4.78, 5) is 24.4. The van der Waals surface area contributed by atoms with E-state index in [1.807, 2.05) is 6.92 Å². The Kier molecular flexibility index (Phi) is 3.45. The molecule has 0 aromatic carbocycles. The van der Waals surface area contributed by atoms with E-state index >= 15 is 0 Å². The molecule has 1 aliphatic rings. The van der Waals surface area contributed by atoms with Crippen LogP contribution in [0.3, 0.4) is 0 Å². The molecule has 2 amide bonds. The molecule has 92 valence electrons. The summed E-state index contributed by atoms with van der Waals surface area (Å²) in [6.45, 7) is 7.90. The number of likely N-dealkylation sites (tertiary alicyclic amines) is 1. The second-order valence-corrected chi connectivity index (χ2v) is 5.39. The maximum atomic E-state index is 11.8. The van der Waals surface area contributed by atoms with Crippen LogP contribution in [0.15, 0.2) is 0 Å². The van der Waals surface area contributed by atoms with Crippen LogP contribution in [0, 0.1) is 5.92 Å². The van der Waals surface area contributed by atoms with Crippen LogP contribution < -0.4 is 5.73 Å². The fourth-order valence-electron chi connectivity index (χ4n) is 1.84. The van der Waals surface area contributed by atoms with Crippen LogP contribution in [0.1, 0.15) is 34.1 Å². The number of ether oxygens (including phenoxy) is 1. The van der Waals surface area contributed by atoms with Crippen LogP contribution in [0.5, 0.6) is 0 Å². The topological polar surface area (TPSA) is 72.6 Å². The molecule has 2 N–H and O–H groups in total.